The van der Waals surface area contributed by atoms with E-state index in [0.717, 1.165) is 36.8 Å². The number of aliphatic hydroxyl groups is 1. The van der Waals surface area contributed by atoms with Crippen molar-refractivity contribution in [2.75, 3.05) is 27.2 Å². The molecular formula is C31H34N3O2+. The third-order valence-corrected chi connectivity index (χ3v) is 8.23. The van der Waals surface area contributed by atoms with Gasteiger partial charge < -0.3 is 9.84 Å². The predicted molar refractivity (Wildman–Crippen MR) is 143 cm³/mol. The summed E-state index contributed by atoms with van der Waals surface area (Å²) in [4.78, 5) is 7.07. The van der Waals surface area contributed by atoms with E-state index in [1.54, 1.807) is 6.20 Å². The molecule has 184 valence electrons. The average molecular weight is 481 g/mol. The molecule has 5 nitrogen and oxygen atoms in total. The molecule has 0 saturated carbocycles. The summed E-state index contributed by atoms with van der Waals surface area (Å²) in [5.74, 6) is -0.331. The topological polar surface area (TPSA) is 45.6 Å². The van der Waals surface area contributed by atoms with Crippen LogP contribution in [0.5, 0.6) is 5.75 Å². The number of nitrogens with zero attached hydrogens (tertiary/aromatic N) is 3. The number of hydrogen-bond donors (Lipinski definition) is 1. The van der Waals surface area contributed by atoms with Gasteiger partial charge in [-0.25, -0.2) is 0 Å². The quantitative estimate of drug-likeness (QED) is 0.421. The van der Waals surface area contributed by atoms with Gasteiger partial charge in [-0.15, -0.1) is 0 Å². The van der Waals surface area contributed by atoms with E-state index in [1.807, 2.05) is 31.2 Å². The lowest BCUT2D eigenvalue weighted by molar-refractivity contribution is -0.963. The molecule has 36 heavy (non-hydrogen) atoms. The minimum absolute atomic E-state index is 0.0252. The highest BCUT2D eigenvalue weighted by Crippen LogP contribution is 2.47. The monoisotopic (exact) mass is 480 g/mol. The molecule has 1 N–H and O–H groups in total. The Morgan fingerprint density at radius 2 is 1.56 bits per heavy atom. The molecular weight excluding hydrogens is 446 g/mol. The molecule has 5 heteroatoms. The smallest absolute Gasteiger partial charge is 0.333 e. The zero-order valence-corrected chi connectivity index (χ0v) is 21.3. The standard InChI is InChI=1S/C31H34N3O2/c1-22(35)31(36-26-20-25-12-6-9-15-29(25)32-21-26)33(18-19-34(31,2)3)30-27-13-7-4-10-23(27)16-17-24-11-5-8-14-28(24)30/h4-15,20-22,30,35H,16-19H2,1-3H3/q+1. The second-order valence-electron chi connectivity index (χ2n) is 10.7. The highest BCUT2D eigenvalue weighted by atomic mass is 16.6. The molecule has 0 bridgehead atoms. The van der Waals surface area contributed by atoms with E-state index in [1.165, 1.54) is 22.3 Å². The fourth-order valence-electron chi connectivity index (χ4n) is 6.46. The second kappa shape index (κ2) is 8.70. The number of quaternary nitrogens is 1. The molecule has 6 rings (SSSR count). The van der Waals surface area contributed by atoms with Crippen LogP contribution in [0.4, 0.5) is 0 Å². The first-order valence-corrected chi connectivity index (χ1v) is 12.9. The van der Waals surface area contributed by atoms with E-state index in [-0.39, 0.29) is 6.04 Å². The Morgan fingerprint density at radius 1 is 0.944 bits per heavy atom. The average Bonchev–Trinajstić information content (AvgIpc) is 3.04. The van der Waals surface area contributed by atoms with Crippen molar-refractivity contribution in [1.82, 2.24) is 9.88 Å². The van der Waals surface area contributed by atoms with Crippen molar-refractivity contribution in [2.45, 2.75) is 37.8 Å². The van der Waals surface area contributed by atoms with Crippen LogP contribution < -0.4 is 4.74 Å². The van der Waals surface area contributed by atoms with Crippen molar-refractivity contribution < 1.29 is 14.3 Å². The summed E-state index contributed by atoms with van der Waals surface area (Å²) < 4.78 is 7.48. The van der Waals surface area contributed by atoms with Crippen molar-refractivity contribution in [2.24, 2.45) is 0 Å². The van der Waals surface area contributed by atoms with Crippen LogP contribution in [-0.4, -0.2) is 58.6 Å². The van der Waals surface area contributed by atoms with E-state index in [2.05, 4.69) is 78.6 Å². The van der Waals surface area contributed by atoms with E-state index < -0.39 is 12.0 Å². The number of ether oxygens (including phenoxy) is 1. The van der Waals surface area contributed by atoms with E-state index >= 15 is 0 Å². The van der Waals surface area contributed by atoms with Gasteiger partial charge in [-0.2, -0.15) is 4.90 Å². The van der Waals surface area contributed by atoms with Crippen LogP contribution in [0.1, 0.15) is 35.2 Å². The number of aromatic nitrogens is 1. The van der Waals surface area contributed by atoms with E-state index in [4.69, 9.17) is 4.74 Å². The number of para-hydroxylation sites is 1. The number of fused-ring (bicyclic) bond motifs is 3. The number of benzene rings is 3. The maximum Gasteiger partial charge on any atom is 0.333 e. The maximum atomic E-state index is 11.6. The van der Waals surface area contributed by atoms with Crippen molar-refractivity contribution in [3.05, 3.63) is 107 Å². The van der Waals surface area contributed by atoms with Gasteiger partial charge in [-0.05, 0) is 54.2 Å². The fraction of sp³-hybridized carbons (Fsp3) is 0.323. The van der Waals surface area contributed by atoms with Crippen LogP contribution in [0.15, 0.2) is 85.1 Å². The normalized spacial score (nSPS) is 22.6. The number of aliphatic hydroxyl groups excluding tert-OH is 1. The Kier molecular flexibility index (Phi) is 5.60. The van der Waals surface area contributed by atoms with Gasteiger partial charge in [0.1, 0.15) is 5.75 Å². The number of rotatable bonds is 4. The lowest BCUT2D eigenvalue weighted by atomic mass is 9.92. The number of aryl methyl sites for hydroxylation is 2. The molecule has 1 saturated heterocycles. The third-order valence-electron chi connectivity index (χ3n) is 8.23. The van der Waals surface area contributed by atoms with E-state index in [0.29, 0.717) is 10.2 Å². The molecule has 1 aliphatic carbocycles. The van der Waals surface area contributed by atoms with Gasteiger partial charge in [0, 0.05) is 5.39 Å². The minimum Gasteiger partial charge on any atom is -0.423 e. The molecule has 2 unspecified atom stereocenters. The van der Waals surface area contributed by atoms with Gasteiger partial charge in [0.25, 0.3) is 0 Å². The minimum atomic E-state index is -1.00. The van der Waals surface area contributed by atoms with Gasteiger partial charge in [-0.1, -0.05) is 66.7 Å². The van der Waals surface area contributed by atoms with Crippen LogP contribution in [-0.2, 0) is 12.8 Å². The highest BCUT2D eigenvalue weighted by molar-refractivity contribution is 5.79. The molecule has 2 aliphatic rings. The summed E-state index contributed by atoms with van der Waals surface area (Å²) in [7, 11) is 4.32. The third kappa shape index (κ3) is 3.53. The SMILES string of the molecule is CC(O)C1(Oc2cnc3ccccc3c2)N(C2c3ccccc3CCc3ccccc32)CC[N+]1(C)C. The summed E-state index contributed by atoms with van der Waals surface area (Å²) in [6.45, 7) is 3.51. The van der Waals surface area contributed by atoms with Crippen molar-refractivity contribution in [3.8, 4) is 5.75 Å². The number of pyridine rings is 1. The van der Waals surface area contributed by atoms with Gasteiger partial charge in [0.2, 0.25) is 0 Å². The largest absolute Gasteiger partial charge is 0.423 e. The Hall–Kier alpha value is -3.25. The number of hydrogen-bond acceptors (Lipinski definition) is 4. The summed E-state index contributed by atoms with van der Waals surface area (Å²) in [5.41, 5.74) is 6.26. The van der Waals surface area contributed by atoms with Crippen LogP contribution >= 0.6 is 0 Å². The molecule has 1 fully saturated rings. The summed E-state index contributed by atoms with van der Waals surface area (Å²) in [5, 5.41) is 12.6. The van der Waals surface area contributed by atoms with Crippen LogP contribution in [0.3, 0.4) is 0 Å². The van der Waals surface area contributed by atoms with Gasteiger partial charge >= 0.3 is 5.85 Å². The zero-order valence-electron chi connectivity index (χ0n) is 21.3. The molecule has 2 atom stereocenters. The molecule has 0 amide bonds. The van der Waals surface area contributed by atoms with Gasteiger partial charge in [0.05, 0.1) is 44.9 Å². The lowest BCUT2D eigenvalue weighted by Gasteiger charge is -2.49. The fourth-order valence-corrected chi connectivity index (χ4v) is 6.46. The zero-order chi connectivity index (χ0) is 24.9. The van der Waals surface area contributed by atoms with Gasteiger partial charge in [-0.3, -0.25) is 9.47 Å². The van der Waals surface area contributed by atoms with Crippen molar-refractivity contribution in [1.29, 1.82) is 0 Å². The molecule has 0 spiro atoms. The first-order chi connectivity index (χ1) is 17.4. The van der Waals surface area contributed by atoms with Crippen LogP contribution in [0.2, 0.25) is 0 Å². The van der Waals surface area contributed by atoms with Crippen LogP contribution in [0.25, 0.3) is 10.9 Å². The Morgan fingerprint density at radius 3 is 2.22 bits per heavy atom. The maximum absolute atomic E-state index is 11.6. The predicted octanol–water partition coefficient (Wildman–Crippen LogP) is 4.93. The first kappa shape index (κ1) is 23.2. The second-order valence-corrected chi connectivity index (χ2v) is 10.7. The molecule has 1 aliphatic heterocycles. The van der Waals surface area contributed by atoms with Gasteiger partial charge in [0.15, 0.2) is 6.10 Å². The summed E-state index contributed by atoms with van der Waals surface area (Å²) in [6.07, 6.45) is 3.04. The van der Waals surface area contributed by atoms with Crippen molar-refractivity contribution >= 4 is 10.9 Å². The Labute approximate surface area is 213 Å². The summed E-state index contributed by atoms with van der Waals surface area (Å²) in [6, 6.07) is 27.6. The molecule has 0 radical (unpaired) electrons. The molecule has 3 aromatic carbocycles. The number of likely N-dealkylation sites (N-methyl/N-ethyl adjacent to an activating group) is 1. The highest BCUT2D eigenvalue weighted by Gasteiger charge is 2.64. The van der Waals surface area contributed by atoms with E-state index in [9.17, 15) is 5.11 Å². The first-order valence-electron chi connectivity index (χ1n) is 12.9. The lowest BCUT2D eigenvalue weighted by Crippen LogP contribution is -2.71. The Balaban J connectivity index is 1.54. The van der Waals surface area contributed by atoms with Crippen LogP contribution in [0, 0.1) is 0 Å². The van der Waals surface area contributed by atoms with Crippen molar-refractivity contribution in [3.63, 3.8) is 0 Å². The molecule has 1 aromatic heterocycles. The molecule has 4 aromatic rings. The Bertz CT molecular complexity index is 1370. The molecule has 2 heterocycles. The summed E-state index contributed by atoms with van der Waals surface area (Å²) >= 11 is 0.